The fourth-order valence-corrected chi connectivity index (χ4v) is 1.73. The second-order valence-corrected chi connectivity index (χ2v) is 3.85. The lowest BCUT2D eigenvalue weighted by atomic mass is 9.96. The molecule has 5 N–H and O–H groups in total. The molecule has 0 aromatic carbocycles. The number of piperidine rings is 1. The summed E-state index contributed by atoms with van der Waals surface area (Å²) in [5.74, 6) is 0.551. The Hall–Kier alpha value is -1.30. The van der Waals surface area contributed by atoms with Crippen LogP contribution in [0.15, 0.2) is 4.99 Å². The number of nitrogens with two attached hydrogens (primary N) is 2. The minimum absolute atomic E-state index is 0.0763. The van der Waals surface area contributed by atoms with Crippen molar-refractivity contribution >= 4 is 11.9 Å². The van der Waals surface area contributed by atoms with Crippen molar-refractivity contribution in [2.45, 2.75) is 19.4 Å². The molecule has 0 radical (unpaired) electrons. The molecule has 1 fully saturated rings. The summed E-state index contributed by atoms with van der Waals surface area (Å²) in [6.07, 6.45) is 1.13. The second kappa shape index (κ2) is 4.97. The van der Waals surface area contributed by atoms with Gasteiger partial charge in [-0.2, -0.15) is 4.99 Å². The van der Waals surface area contributed by atoms with E-state index in [2.05, 4.69) is 11.9 Å². The van der Waals surface area contributed by atoms with Crippen LogP contribution in [0.5, 0.6) is 0 Å². The SMILES string of the molecule is COC1CN(C(=N)N=C(N)N)CCC1C. The van der Waals surface area contributed by atoms with Crippen LogP contribution in [0, 0.1) is 11.3 Å². The molecule has 0 aromatic heterocycles. The maximum absolute atomic E-state index is 7.67. The van der Waals surface area contributed by atoms with Gasteiger partial charge in [-0.3, -0.25) is 5.41 Å². The number of guanidine groups is 2. The number of aliphatic imine (C=N–C) groups is 1. The van der Waals surface area contributed by atoms with Crippen LogP contribution in [-0.2, 0) is 4.74 Å². The molecule has 1 rings (SSSR count). The monoisotopic (exact) mass is 213 g/mol. The van der Waals surface area contributed by atoms with Gasteiger partial charge in [-0.05, 0) is 12.3 Å². The van der Waals surface area contributed by atoms with Crippen LogP contribution < -0.4 is 11.5 Å². The predicted octanol–water partition coefficient (Wildman–Crippen LogP) is -0.449. The zero-order chi connectivity index (χ0) is 11.4. The normalized spacial score (nSPS) is 26.1. The first-order valence-electron chi connectivity index (χ1n) is 5.00. The number of ether oxygens (including phenoxy) is 1. The topological polar surface area (TPSA) is 101 Å². The van der Waals surface area contributed by atoms with Crippen molar-refractivity contribution in [3.63, 3.8) is 0 Å². The van der Waals surface area contributed by atoms with Gasteiger partial charge in [0.2, 0.25) is 5.96 Å². The Morgan fingerprint density at radius 2 is 2.20 bits per heavy atom. The molecule has 2 unspecified atom stereocenters. The van der Waals surface area contributed by atoms with Crippen molar-refractivity contribution in [1.82, 2.24) is 4.90 Å². The van der Waals surface area contributed by atoms with Crippen LogP contribution in [0.1, 0.15) is 13.3 Å². The lowest BCUT2D eigenvalue weighted by Gasteiger charge is -2.36. The van der Waals surface area contributed by atoms with Crippen LogP contribution >= 0.6 is 0 Å². The van der Waals surface area contributed by atoms with E-state index < -0.39 is 0 Å². The van der Waals surface area contributed by atoms with Gasteiger partial charge in [0.15, 0.2) is 5.96 Å². The maximum Gasteiger partial charge on any atom is 0.221 e. The van der Waals surface area contributed by atoms with E-state index in [1.165, 1.54) is 0 Å². The Morgan fingerprint density at radius 3 is 2.73 bits per heavy atom. The molecule has 6 nitrogen and oxygen atoms in total. The number of nitrogens with zero attached hydrogens (tertiary/aromatic N) is 2. The smallest absolute Gasteiger partial charge is 0.221 e. The molecule has 1 heterocycles. The van der Waals surface area contributed by atoms with Crippen molar-refractivity contribution in [2.75, 3.05) is 20.2 Å². The van der Waals surface area contributed by atoms with Gasteiger partial charge in [-0.15, -0.1) is 0 Å². The molecule has 0 spiro atoms. The van der Waals surface area contributed by atoms with E-state index in [1.54, 1.807) is 7.11 Å². The summed E-state index contributed by atoms with van der Waals surface area (Å²) in [6.45, 7) is 3.62. The van der Waals surface area contributed by atoms with E-state index in [1.807, 2.05) is 4.90 Å². The van der Waals surface area contributed by atoms with Gasteiger partial charge in [-0.25, -0.2) is 0 Å². The third-order valence-electron chi connectivity index (χ3n) is 2.73. The van der Waals surface area contributed by atoms with Crippen LogP contribution in [0.2, 0.25) is 0 Å². The first-order chi connectivity index (χ1) is 7.04. The molecule has 0 saturated carbocycles. The number of hydrogen-bond acceptors (Lipinski definition) is 2. The average Bonchev–Trinajstić information content (AvgIpc) is 2.17. The molecule has 1 saturated heterocycles. The molecule has 15 heavy (non-hydrogen) atoms. The molecule has 0 aliphatic carbocycles. The number of methoxy groups -OCH3 is 1. The summed E-state index contributed by atoms with van der Waals surface area (Å²) >= 11 is 0. The molecular weight excluding hydrogens is 194 g/mol. The zero-order valence-electron chi connectivity index (χ0n) is 9.23. The number of rotatable bonds is 1. The second-order valence-electron chi connectivity index (χ2n) is 3.85. The number of likely N-dealkylation sites (tertiary alicyclic amines) is 1. The van der Waals surface area contributed by atoms with Crippen LogP contribution in [0.25, 0.3) is 0 Å². The Balaban J connectivity index is 2.58. The Labute approximate surface area is 89.8 Å². The Morgan fingerprint density at radius 1 is 1.53 bits per heavy atom. The molecule has 0 amide bonds. The molecular formula is C9H19N5O. The third kappa shape index (κ3) is 3.09. The lowest BCUT2D eigenvalue weighted by Crippen LogP contribution is -2.46. The van der Waals surface area contributed by atoms with Gasteiger partial charge in [0.1, 0.15) is 0 Å². The van der Waals surface area contributed by atoms with E-state index in [4.69, 9.17) is 21.6 Å². The summed E-state index contributed by atoms with van der Waals surface area (Å²) in [5, 5.41) is 7.67. The quantitative estimate of drug-likeness (QED) is 0.405. The largest absolute Gasteiger partial charge is 0.379 e. The highest BCUT2D eigenvalue weighted by Crippen LogP contribution is 2.19. The lowest BCUT2D eigenvalue weighted by molar-refractivity contribution is 0.0144. The fraction of sp³-hybridized carbons (Fsp3) is 0.778. The molecule has 1 aliphatic rings. The first-order valence-corrected chi connectivity index (χ1v) is 5.00. The Kier molecular flexibility index (Phi) is 3.90. The Bertz CT molecular complexity index is 261. The molecule has 1 aliphatic heterocycles. The summed E-state index contributed by atoms with van der Waals surface area (Å²) in [4.78, 5) is 5.55. The third-order valence-corrected chi connectivity index (χ3v) is 2.73. The van der Waals surface area contributed by atoms with E-state index in [0.29, 0.717) is 12.5 Å². The maximum atomic E-state index is 7.67. The van der Waals surface area contributed by atoms with E-state index >= 15 is 0 Å². The average molecular weight is 213 g/mol. The van der Waals surface area contributed by atoms with Crippen molar-refractivity contribution in [3.05, 3.63) is 0 Å². The van der Waals surface area contributed by atoms with Crippen molar-refractivity contribution in [2.24, 2.45) is 22.4 Å². The predicted molar refractivity (Wildman–Crippen MR) is 59.7 cm³/mol. The highest BCUT2D eigenvalue weighted by Gasteiger charge is 2.27. The van der Waals surface area contributed by atoms with Gasteiger partial charge in [0, 0.05) is 20.2 Å². The van der Waals surface area contributed by atoms with Gasteiger partial charge in [-0.1, -0.05) is 6.92 Å². The minimum Gasteiger partial charge on any atom is -0.379 e. The van der Waals surface area contributed by atoms with Gasteiger partial charge < -0.3 is 21.1 Å². The van der Waals surface area contributed by atoms with Crippen molar-refractivity contribution in [3.8, 4) is 0 Å². The molecule has 0 aromatic rings. The number of nitrogens with one attached hydrogen (secondary N) is 1. The minimum atomic E-state index is -0.0763. The van der Waals surface area contributed by atoms with Crippen molar-refractivity contribution < 1.29 is 4.74 Å². The highest BCUT2D eigenvalue weighted by atomic mass is 16.5. The van der Waals surface area contributed by atoms with Crippen LogP contribution in [0.3, 0.4) is 0 Å². The van der Waals surface area contributed by atoms with Crippen molar-refractivity contribution in [1.29, 1.82) is 5.41 Å². The standard InChI is InChI=1S/C9H19N5O/c1-6-3-4-14(5-7(6)15-2)9(12)13-8(10)11/h6-7H,3-5H2,1-2H3,(H5,10,11,12,13). The van der Waals surface area contributed by atoms with E-state index in [-0.39, 0.29) is 18.0 Å². The molecule has 0 bridgehead atoms. The molecule has 6 heteroatoms. The summed E-state index contributed by atoms with van der Waals surface area (Å²) in [7, 11) is 1.69. The van der Waals surface area contributed by atoms with E-state index in [9.17, 15) is 0 Å². The van der Waals surface area contributed by atoms with Crippen LogP contribution in [0.4, 0.5) is 0 Å². The highest BCUT2D eigenvalue weighted by molar-refractivity contribution is 5.91. The summed E-state index contributed by atoms with van der Waals surface area (Å²) < 4.78 is 5.34. The van der Waals surface area contributed by atoms with Crippen LogP contribution in [-0.4, -0.2) is 43.1 Å². The first kappa shape index (κ1) is 11.8. The molecule has 86 valence electrons. The van der Waals surface area contributed by atoms with Gasteiger partial charge in [0.25, 0.3) is 0 Å². The zero-order valence-corrected chi connectivity index (χ0v) is 9.23. The summed E-state index contributed by atoms with van der Waals surface area (Å²) in [6, 6.07) is 0. The number of hydrogen-bond donors (Lipinski definition) is 3. The van der Waals surface area contributed by atoms with Gasteiger partial charge in [0.05, 0.1) is 6.10 Å². The fourth-order valence-electron chi connectivity index (χ4n) is 1.73. The van der Waals surface area contributed by atoms with Gasteiger partial charge >= 0.3 is 0 Å². The molecule has 2 atom stereocenters. The summed E-state index contributed by atoms with van der Waals surface area (Å²) in [5.41, 5.74) is 10.4. The van der Waals surface area contributed by atoms with E-state index in [0.717, 1.165) is 13.0 Å².